The van der Waals surface area contributed by atoms with Gasteiger partial charge in [0.1, 0.15) is 0 Å². The third-order valence-corrected chi connectivity index (χ3v) is 2.10. The summed E-state index contributed by atoms with van der Waals surface area (Å²) in [5.74, 6) is -1.60. The van der Waals surface area contributed by atoms with E-state index in [1.807, 2.05) is 0 Å². The van der Waals surface area contributed by atoms with Crippen molar-refractivity contribution in [3.8, 4) is 0 Å². The Morgan fingerprint density at radius 3 is 2.93 bits per heavy atom. The minimum absolute atomic E-state index is 0.0156. The number of rotatable bonds is 1. The van der Waals surface area contributed by atoms with Crippen LogP contribution >= 0.6 is 15.9 Å². The van der Waals surface area contributed by atoms with E-state index < -0.39 is 5.97 Å². The van der Waals surface area contributed by atoms with Crippen LogP contribution in [0.25, 0.3) is 5.65 Å². The number of nitrogens with zero attached hydrogens (tertiary/aromatic N) is 4. The lowest BCUT2D eigenvalue weighted by atomic mass is 10.6. The predicted octanol–water partition coefficient (Wildman–Crippen LogP) is 0.167. The van der Waals surface area contributed by atoms with E-state index in [1.165, 1.54) is 10.7 Å². The molecular formula is C6H4BrN5O2. The molecule has 0 bridgehead atoms. The van der Waals surface area contributed by atoms with Crippen LogP contribution in [-0.4, -0.2) is 30.7 Å². The smallest absolute Gasteiger partial charge is 0.374 e. The van der Waals surface area contributed by atoms with Crippen LogP contribution in [0.1, 0.15) is 10.6 Å². The van der Waals surface area contributed by atoms with Crippen LogP contribution in [0.5, 0.6) is 0 Å². The summed E-state index contributed by atoms with van der Waals surface area (Å²) in [6.07, 6.45) is 1.46. The molecule has 0 saturated carbocycles. The van der Waals surface area contributed by atoms with Gasteiger partial charge in [-0.05, 0) is 15.9 Å². The van der Waals surface area contributed by atoms with E-state index >= 15 is 0 Å². The number of fused-ring (bicyclic) bond motifs is 1. The minimum Gasteiger partial charge on any atom is -0.475 e. The van der Waals surface area contributed by atoms with Crippen molar-refractivity contribution in [1.82, 2.24) is 19.6 Å². The topological polar surface area (TPSA) is 106 Å². The lowest BCUT2D eigenvalue weighted by molar-refractivity contribution is 0.0683. The van der Waals surface area contributed by atoms with E-state index in [0.717, 1.165) is 0 Å². The number of carboxylic acid groups (broad SMARTS) is 1. The molecule has 0 aromatic carbocycles. The Morgan fingerprint density at radius 1 is 1.57 bits per heavy atom. The highest BCUT2D eigenvalue weighted by Gasteiger charge is 2.13. The van der Waals surface area contributed by atoms with Gasteiger partial charge in [0.15, 0.2) is 5.65 Å². The number of nitrogens with two attached hydrogens (primary N) is 1. The van der Waals surface area contributed by atoms with Crippen LogP contribution in [0, 0.1) is 0 Å². The van der Waals surface area contributed by atoms with Crippen LogP contribution in [0.4, 0.5) is 5.95 Å². The van der Waals surface area contributed by atoms with Gasteiger partial charge in [0.05, 0.1) is 10.7 Å². The second-order valence-electron chi connectivity index (χ2n) is 2.44. The molecule has 8 heteroatoms. The monoisotopic (exact) mass is 257 g/mol. The van der Waals surface area contributed by atoms with Gasteiger partial charge in [-0.1, -0.05) is 0 Å². The lowest BCUT2D eigenvalue weighted by Crippen LogP contribution is -2.11. The van der Waals surface area contributed by atoms with Gasteiger partial charge in [0, 0.05) is 0 Å². The zero-order valence-corrected chi connectivity index (χ0v) is 8.26. The van der Waals surface area contributed by atoms with Gasteiger partial charge in [-0.25, -0.2) is 9.78 Å². The maximum absolute atomic E-state index is 10.6. The summed E-state index contributed by atoms with van der Waals surface area (Å²) >= 11 is 3.16. The first-order valence-corrected chi connectivity index (χ1v) is 4.29. The number of carbonyl (C=O) groups is 1. The van der Waals surface area contributed by atoms with E-state index in [2.05, 4.69) is 31.0 Å². The Balaban J connectivity index is 2.82. The second kappa shape index (κ2) is 2.91. The van der Waals surface area contributed by atoms with Gasteiger partial charge in [-0.2, -0.15) is 14.6 Å². The first kappa shape index (κ1) is 8.88. The molecule has 2 aromatic heterocycles. The molecule has 7 nitrogen and oxygen atoms in total. The summed E-state index contributed by atoms with van der Waals surface area (Å²) in [6.45, 7) is 0. The van der Waals surface area contributed by atoms with Crippen LogP contribution in [0.15, 0.2) is 10.7 Å². The number of halogens is 1. The van der Waals surface area contributed by atoms with Crippen molar-refractivity contribution in [1.29, 1.82) is 0 Å². The van der Waals surface area contributed by atoms with Crippen molar-refractivity contribution >= 4 is 33.5 Å². The van der Waals surface area contributed by atoms with Gasteiger partial charge in [0.2, 0.25) is 11.8 Å². The zero-order chi connectivity index (χ0) is 10.3. The molecule has 14 heavy (non-hydrogen) atoms. The molecule has 3 N–H and O–H groups in total. The highest BCUT2D eigenvalue weighted by molar-refractivity contribution is 9.10. The minimum atomic E-state index is -1.23. The number of nitrogen functional groups attached to an aromatic ring is 1. The summed E-state index contributed by atoms with van der Waals surface area (Å²) in [5.41, 5.74) is 5.80. The largest absolute Gasteiger partial charge is 0.475 e. The van der Waals surface area contributed by atoms with Crippen LogP contribution in [-0.2, 0) is 0 Å². The summed E-state index contributed by atoms with van der Waals surface area (Å²) in [4.78, 5) is 17.9. The number of hydrogen-bond acceptors (Lipinski definition) is 5. The third kappa shape index (κ3) is 1.20. The number of aromatic carboxylic acids is 1. The van der Waals surface area contributed by atoms with Gasteiger partial charge in [-0.15, -0.1) is 0 Å². The first-order valence-electron chi connectivity index (χ1n) is 3.49. The van der Waals surface area contributed by atoms with Crippen molar-refractivity contribution in [2.75, 3.05) is 5.73 Å². The molecule has 0 aliphatic carbocycles. The molecule has 0 amide bonds. The number of anilines is 1. The first-order chi connectivity index (χ1) is 6.59. The summed E-state index contributed by atoms with van der Waals surface area (Å²) < 4.78 is 1.81. The quantitative estimate of drug-likeness (QED) is 0.754. The SMILES string of the molecule is Nc1nc(C(=O)O)nc2c(Br)cnn12. The maximum Gasteiger partial charge on any atom is 0.374 e. The molecule has 0 radical (unpaired) electrons. The van der Waals surface area contributed by atoms with E-state index in [4.69, 9.17) is 10.8 Å². The van der Waals surface area contributed by atoms with Gasteiger partial charge in [-0.3, -0.25) is 0 Å². The van der Waals surface area contributed by atoms with Crippen molar-refractivity contribution < 1.29 is 9.90 Å². The number of aromatic nitrogens is 4. The fourth-order valence-corrected chi connectivity index (χ4v) is 1.32. The normalized spacial score (nSPS) is 10.6. The van der Waals surface area contributed by atoms with Gasteiger partial charge < -0.3 is 10.8 Å². The standard InChI is InChI=1S/C6H4BrN5O2/c7-2-1-9-12-4(2)10-3(5(13)14)11-6(12)8/h1H,(H,13,14)(H2,8,10,11). The molecule has 0 atom stereocenters. The van der Waals surface area contributed by atoms with E-state index in [1.54, 1.807) is 0 Å². The van der Waals surface area contributed by atoms with E-state index in [-0.39, 0.29) is 11.8 Å². The molecule has 0 unspecified atom stereocenters. The average Bonchev–Trinajstić information content (AvgIpc) is 2.48. The zero-order valence-electron chi connectivity index (χ0n) is 6.68. The summed E-state index contributed by atoms with van der Waals surface area (Å²) in [5, 5.41) is 12.5. The second-order valence-corrected chi connectivity index (χ2v) is 3.29. The Hall–Kier alpha value is -1.70. The molecule has 2 aromatic rings. The fraction of sp³-hybridized carbons (Fsp3) is 0. The fourth-order valence-electron chi connectivity index (χ4n) is 0.967. The summed E-state index contributed by atoms with van der Waals surface area (Å²) in [6, 6.07) is 0. The van der Waals surface area contributed by atoms with E-state index in [0.29, 0.717) is 10.1 Å². The molecule has 0 saturated heterocycles. The number of carboxylic acids is 1. The molecule has 72 valence electrons. The Bertz CT molecular complexity index is 522. The Kier molecular flexibility index (Phi) is 1.84. The maximum atomic E-state index is 10.6. The van der Waals surface area contributed by atoms with Gasteiger partial charge in [0.25, 0.3) is 0 Å². The molecule has 0 fully saturated rings. The third-order valence-electron chi connectivity index (χ3n) is 1.54. The van der Waals surface area contributed by atoms with Crippen molar-refractivity contribution in [2.24, 2.45) is 0 Å². The molecule has 2 heterocycles. The molecule has 2 rings (SSSR count). The van der Waals surface area contributed by atoms with Crippen LogP contribution in [0.3, 0.4) is 0 Å². The van der Waals surface area contributed by atoms with Crippen LogP contribution in [0.2, 0.25) is 0 Å². The van der Waals surface area contributed by atoms with Gasteiger partial charge >= 0.3 is 5.97 Å². The van der Waals surface area contributed by atoms with Crippen LogP contribution < -0.4 is 5.73 Å². The van der Waals surface area contributed by atoms with Crippen molar-refractivity contribution in [3.63, 3.8) is 0 Å². The molecule has 0 aliphatic rings. The lowest BCUT2D eigenvalue weighted by Gasteiger charge is -1.98. The molecular weight excluding hydrogens is 254 g/mol. The summed E-state index contributed by atoms with van der Waals surface area (Å²) in [7, 11) is 0. The van der Waals surface area contributed by atoms with Crippen molar-refractivity contribution in [3.05, 3.63) is 16.5 Å². The molecule has 0 aliphatic heterocycles. The molecule has 0 spiro atoms. The highest BCUT2D eigenvalue weighted by atomic mass is 79.9. The Morgan fingerprint density at radius 2 is 2.29 bits per heavy atom. The Labute approximate surface area is 85.7 Å². The number of hydrogen-bond donors (Lipinski definition) is 2. The van der Waals surface area contributed by atoms with E-state index in [9.17, 15) is 4.79 Å². The van der Waals surface area contributed by atoms with Crippen molar-refractivity contribution in [2.45, 2.75) is 0 Å². The highest BCUT2D eigenvalue weighted by Crippen LogP contribution is 2.16. The average molecular weight is 258 g/mol. The predicted molar refractivity (Wildman–Crippen MR) is 49.9 cm³/mol.